The highest BCUT2D eigenvalue weighted by Gasteiger charge is 2.23. The summed E-state index contributed by atoms with van der Waals surface area (Å²) in [6.07, 6.45) is 2.25. The molecule has 0 unspecified atom stereocenters. The Morgan fingerprint density at radius 3 is 2.60 bits per heavy atom. The van der Waals surface area contributed by atoms with Crippen molar-refractivity contribution in [2.75, 3.05) is 25.6 Å². The first-order valence-corrected chi connectivity index (χ1v) is 9.63. The van der Waals surface area contributed by atoms with Crippen LogP contribution in [0.3, 0.4) is 0 Å². The molecule has 0 aliphatic carbocycles. The first-order valence-electron chi connectivity index (χ1n) is 9.63. The molecule has 1 N–H and O–H groups in total. The van der Waals surface area contributed by atoms with E-state index >= 15 is 0 Å². The van der Waals surface area contributed by atoms with E-state index in [9.17, 15) is 9.59 Å². The maximum absolute atomic E-state index is 12.5. The second kappa shape index (κ2) is 8.73. The minimum absolute atomic E-state index is 0.105. The molecule has 1 aliphatic heterocycles. The fourth-order valence-corrected chi connectivity index (χ4v) is 3.38. The summed E-state index contributed by atoms with van der Waals surface area (Å²) in [7, 11) is 1.59. The molecule has 3 aromatic rings. The molecule has 2 heterocycles. The highest BCUT2D eigenvalue weighted by molar-refractivity contribution is 5.92. The molecule has 0 radical (unpaired) electrons. The lowest BCUT2D eigenvalue weighted by molar-refractivity contribution is -0.118. The summed E-state index contributed by atoms with van der Waals surface area (Å²) in [6.45, 7) is 1.00. The average Bonchev–Trinajstić information content (AvgIpc) is 3.32. The zero-order valence-corrected chi connectivity index (χ0v) is 16.6. The number of carbonyl (C=O) groups excluding carboxylic acids is 2. The van der Waals surface area contributed by atoms with Crippen LogP contribution in [0.15, 0.2) is 65.3 Å². The highest BCUT2D eigenvalue weighted by Crippen LogP contribution is 2.24. The van der Waals surface area contributed by atoms with Crippen LogP contribution in [0.4, 0.5) is 5.69 Å². The van der Waals surface area contributed by atoms with Gasteiger partial charge in [-0.2, -0.15) is 0 Å². The molecule has 2 aromatic carbocycles. The van der Waals surface area contributed by atoms with E-state index in [0.29, 0.717) is 30.3 Å². The van der Waals surface area contributed by atoms with Crippen molar-refractivity contribution in [1.29, 1.82) is 0 Å². The lowest BCUT2D eigenvalue weighted by Gasteiger charge is -2.28. The van der Waals surface area contributed by atoms with Crippen molar-refractivity contribution in [3.63, 3.8) is 0 Å². The van der Waals surface area contributed by atoms with Crippen LogP contribution in [0.5, 0.6) is 11.5 Å². The van der Waals surface area contributed by atoms with Gasteiger partial charge in [0.2, 0.25) is 0 Å². The highest BCUT2D eigenvalue weighted by atomic mass is 16.5. The summed E-state index contributed by atoms with van der Waals surface area (Å²) < 4.78 is 15.8. The monoisotopic (exact) mass is 406 g/mol. The molecular formula is C23H22N2O5. The number of nitrogens with zero attached hydrogens (tertiary/aromatic N) is 1. The van der Waals surface area contributed by atoms with Crippen LogP contribution in [0.2, 0.25) is 0 Å². The van der Waals surface area contributed by atoms with Gasteiger partial charge >= 0.3 is 0 Å². The predicted molar refractivity (Wildman–Crippen MR) is 111 cm³/mol. The smallest absolute Gasteiger partial charge is 0.289 e. The van der Waals surface area contributed by atoms with Crippen LogP contribution in [-0.4, -0.2) is 37.0 Å². The third-order valence-corrected chi connectivity index (χ3v) is 4.95. The van der Waals surface area contributed by atoms with Gasteiger partial charge < -0.3 is 24.1 Å². The summed E-state index contributed by atoms with van der Waals surface area (Å²) >= 11 is 0. The van der Waals surface area contributed by atoms with E-state index in [4.69, 9.17) is 13.9 Å². The SMILES string of the molecule is COc1ccc(OCC(=O)Nc2ccc3c(c2)CN(C(=O)c2ccco2)CC3)cc1. The van der Waals surface area contributed by atoms with Gasteiger partial charge in [-0.25, -0.2) is 0 Å². The summed E-state index contributed by atoms with van der Waals surface area (Å²) in [6, 6.07) is 16.2. The molecule has 0 saturated carbocycles. The molecule has 0 bridgehead atoms. The number of methoxy groups -OCH3 is 1. The third kappa shape index (κ3) is 4.46. The van der Waals surface area contributed by atoms with E-state index in [1.807, 2.05) is 18.2 Å². The number of anilines is 1. The van der Waals surface area contributed by atoms with Gasteiger partial charge in [-0.05, 0) is 66.1 Å². The number of ether oxygens (including phenoxy) is 2. The molecule has 0 atom stereocenters. The lowest BCUT2D eigenvalue weighted by Crippen LogP contribution is -2.35. The number of fused-ring (bicyclic) bond motifs is 1. The van der Waals surface area contributed by atoms with Crippen LogP contribution in [-0.2, 0) is 17.8 Å². The zero-order valence-electron chi connectivity index (χ0n) is 16.6. The molecule has 7 nitrogen and oxygen atoms in total. The predicted octanol–water partition coefficient (Wildman–Crippen LogP) is 3.50. The number of nitrogens with one attached hydrogen (secondary N) is 1. The molecule has 7 heteroatoms. The Morgan fingerprint density at radius 1 is 1.07 bits per heavy atom. The van der Waals surface area contributed by atoms with E-state index in [2.05, 4.69) is 5.32 Å². The third-order valence-electron chi connectivity index (χ3n) is 4.95. The molecule has 4 rings (SSSR count). The summed E-state index contributed by atoms with van der Waals surface area (Å²) in [5, 5.41) is 2.85. The topological polar surface area (TPSA) is 81.0 Å². The second-order valence-electron chi connectivity index (χ2n) is 6.95. The Hall–Kier alpha value is -3.74. The van der Waals surface area contributed by atoms with Gasteiger partial charge in [-0.15, -0.1) is 0 Å². The van der Waals surface area contributed by atoms with Crippen molar-refractivity contribution in [3.8, 4) is 11.5 Å². The summed E-state index contributed by atoms with van der Waals surface area (Å²) in [4.78, 5) is 26.5. The largest absolute Gasteiger partial charge is 0.497 e. The molecular weight excluding hydrogens is 384 g/mol. The van der Waals surface area contributed by atoms with Gasteiger partial charge in [0.15, 0.2) is 12.4 Å². The fraction of sp³-hybridized carbons (Fsp3) is 0.217. The van der Waals surface area contributed by atoms with E-state index in [0.717, 1.165) is 17.7 Å². The number of carbonyl (C=O) groups is 2. The first kappa shape index (κ1) is 19.6. The Kier molecular flexibility index (Phi) is 5.70. The normalized spacial score (nSPS) is 12.8. The summed E-state index contributed by atoms with van der Waals surface area (Å²) in [5.74, 6) is 1.25. The maximum Gasteiger partial charge on any atom is 0.289 e. The van der Waals surface area contributed by atoms with Crippen LogP contribution >= 0.6 is 0 Å². The quantitative estimate of drug-likeness (QED) is 0.678. The van der Waals surface area contributed by atoms with E-state index in [1.165, 1.54) is 11.8 Å². The maximum atomic E-state index is 12.5. The van der Waals surface area contributed by atoms with Gasteiger partial charge in [0.05, 0.1) is 13.4 Å². The van der Waals surface area contributed by atoms with Gasteiger partial charge in [-0.1, -0.05) is 6.07 Å². The molecule has 1 aromatic heterocycles. The van der Waals surface area contributed by atoms with Crippen molar-refractivity contribution in [1.82, 2.24) is 4.90 Å². The van der Waals surface area contributed by atoms with Crippen LogP contribution in [0.25, 0.3) is 0 Å². The molecule has 154 valence electrons. The van der Waals surface area contributed by atoms with Gasteiger partial charge in [-0.3, -0.25) is 9.59 Å². The Bertz CT molecular complexity index is 1030. The molecule has 2 amide bonds. The Morgan fingerprint density at radius 2 is 1.87 bits per heavy atom. The minimum atomic E-state index is -0.259. The van der Waals surface area contributed by atoms with Crippen molar-refractivity contribution in [3.05, 3.63) is 77.7 Å². The van der Waals surface area contributed by atoms with Gasteiger partial charge in [0.1, 0.15) is 11.5 Å². The van der Waals surface area contributed by atoms with Crippen molar-refractivity contribution in [2.45, 2.75) is 13.0 Å². The zero-order chi connectivity index (χ0) is 20.9. The molecule has 0 saturated heterocycles. The number of rotatable bonds is 6. The van der Waals surface area contributed by atoms with Crippen molar-refractivity contribution in [2.24, 2.45) is 0 Å². The molecule has 0 fully saturated rings. The summed E-state index contributed by atoms with van der Waals surface area (Å²) in [5.41, 5.74) is 2.85. The Labute approximate surface area is 174 Å². The molecule has 1 aliphatic rings. The van der Waals surface area contributed by atoms with Gasteiger partial charge in [0, 0.05) is 18.8 Å². The van der Waals surface area contributed by atoms with E-state index < -0.39 is 0 Å². The standard InChI is InChI=1S/C23H22N2O5/c1-28-19-6-8-20(9-7-19)30-15-22(26)24-18-5-4-16-10-11-25(14-17(16)13-18)23(27)21-3-2-12-29-21/h2-9,12-13H,10-11,14-15H2,1H3,(H,24,26). The first-order chi connectivity index (χ1) is 14.6. The second-order valence-corrected chi connectivity index (χ2v) is 6.95. The lowest BCUT2D eigenvalue weighted by atomic mass is 9.99. The van der Waals surface area contributed by atoms with E-state index in [1.54, 1.807) is 48.4 Å². The number of amides is 2. The molecule has 30 heavy (non-hydrogen) atoms. The number of benzene rings is 2. The molecule has 0 spiro atoms. The van der Waals surface area contributed by atoms with E-state index in [-0.39, 0.29) is 18.4 Å². The van der Waals surface area contributed by atoms with Crippen molar-refractivity contribution >= 4 is 17.5 Å². The average molecular weight is 406 g/mol. The van der Waals surface area contributed by atoms with Gasteiger partial charge in [0.25, 0.3) is 11.8 Å². The number of hydrogen-bond acceptors (Lipinski definition) is 5. The van der Waals surface area contributed by atoms with Crippen molar-refractivity contribution < 1.29 is 23.5 Å². The fourth-order valence-electron chi connectivity index (χ4n) is 3.38. The minimum Gasteiger partial charge on any atom is -0.497 e. The number of furan rings is 1. The number of hydrogen-bond donors (Lipinski definition) is 1. The van der Waals surface area contributed by atoms with Crippen LogP contribution in [0.1, 0.15) is 21.7 Å². The van der Waals surface area contributed by atoms with Crippen LogP contribution in [0, 0.1) is 0 Å². The Balaban J connectivity index is 1.36. The van der Waals surface area contributed by atoms with Crippen LogP contribution < -0.4 is 14.8 Å².